The molecular formula is C22H26F3N5O2. The van der Waals surface area contributed by atoms with Crippen LogP contribution in [-0.4, -0.2) is 53.6 Å². The largest absolute Gasteiger partial charge is 0.421 e. The van der Waals surface area contributed by atoms with E-state index in [0.717, 1.165) is 36.7 Å². The number of carbonyl (C=O) groups excluding carboxylic acids is 1. The van der Waals surface area contributed by atoms with Crippen LogP contribution in [0.5, 0.6) is 0 Å². The van der Waals surface area contributed by atoms with Crippen LogP contribution < -0.4 is 10.6 Å². The number of aromatic nitrogens is 2. The molecule has 1 aromatic heterocycles. The molecule has 10 heteroatoms. The van der Waals surface area contributed by atoms with Gasteiger partial charge in [0, 0.05) is 38.1 Å². The number of ether oxygens (including phenoxy) is 1. The molecule has 0 spiro atoms. The lowest BCUT2D eigenvalue weighted by atomic mass is 10.1. The average Bonchev–Trinajstić information content (AvgIpc) is 3.60. The van der Waals surface area contributed by atoms with Gasteiger partial charge >= 0.3 is 6.18 Å². The summed E-state index contributed by atoms with van der Waals surface area (Å²) in [5.41, 5.74) is 1.01. The number of nitrogens with one attached hydrogen (secondary N) is 2. The van der Waals surface area contributed by atoms with Crippen molar-refractivity contribution in [3.63, 3.8) is 0 Å². The Morgan fingerprint density at radius 3 is 2.81 bits per heavy atom. The number of rotatable bonds is 8. The molecule has 1 saturated heterocycles. The molecule has 2 heterocycles. The summed E-state index contributed by atoms with van der Waals surface area (Å²) < 4.78 is 45.6. The lowest BCUT2D eigenvalue weighted by molar-refractivity contribution is -0.137. The van der Waals surface area contributed by atoms with Crippen LogP contribution in [0.15, 0.2) is 30.5 Å². The van der Waals surface area contributed by atoms with Crippen molar-refractivity contribution in [2.24, 2.45) is 0 Å². The number of anilines is 3. The molecule has 32 heavy (non-hydrogen) atoms. The third-order valence-corrected chi connectivity index (χ3v) is 5.51. The number of nitrogens with zero attached hydrogens (tertiary/aromatic N) is 3. The van der Waals surface area contributed by atoms with Crippen LogP contribution in [0, 0.1) is 0 Å². The van der Waals surface area contributed by atoms with E-state index in [0.29, 0.717) is 32.0 Å². The fourth-order valence-corrected chi connectivity index (χ4v) is 3.71. The highest BCUT2D eigenvalue weighted by Gasteiger charge is 2.35. The zero-order valence-corrected chi connectivity index (χ0v) is 17.6. The number of hydrogen-bond donors (Lipinski definition) is 2. The van der Waals surface area contributed by atoms with Gasteiger partial charge in [-0.05, 0) is 43.2 Å². The topological polar surface area (TPSA) is 79.4 Å². The van der Waals surface area contributed by atoms with Crippen molar-refractivity contribution in [1.29, 1.82) is 0 Å². The molecule has 2 N–H and O–H groups in total. The van der Waals surface area contributed by atoms with Gasteiger partial charge in [-0.25, -0.2) is 4.98 Å². The quantitative estimate of drug-likeness (QED) is 0.589. The Kier molecular flexibility index (Phi) is 6.78. The summed E-state index contributed by atoms with van der Waals surface area (Å²) in [5.74, 6) is 0.206. The van der Waals surface area contributed by atoms with E-state index in [9.17, 15) is 18.0 Å². The molecule has 1 aliphatic heterocycles. The maximum Gasteiger partial charge on any atom is 0.421 e. The third-order valence-electron chi connectivity index (χ3n) is 5.51. The molecule has 2 aromatic rings. The number of para-hydroxylation sites is 1. The van der Waals surface area contributed by atoms with Crippen LogP contribution >= 0.6 is 0 Å². The Balaban J connectivity index is 1.43. The molecule has 2 fully saturated rings. The molecule has 0 radical (unpaired) electrons. The number of alkyl halides is 3. The van der Waals surface area contributed by atoms with Gasteiger partial charge in [0.1, 0.15) is 18.0 Å². The van der Waals surface area contributed by atoms with Gasteiger partial charge in [0.05, 0.1) is 0 Å². The summed E-state index contributed by atoms with van der Waals surface area (Å²) in [6.07, 6.45) is -0.338. The Morgan fingerprint density at radius 2 is 2.03 bits per heavy atom. The second kappa shape index (κ2) is 9.72. The van der Waals surface area contributed by atoms with Crippen molar-refractivity contribution in [2.45, 2.75) is 37.8 Å². The van der Waals surface area contributed by atoms with Crippen LogP contribution in [-0.2, 0) is 15.7 Å². The van der Waals surface area contributed by atoms with Gasteiger partial charge in [0.15, 0.2) is 0 Å². The number of hydrogen-bond acceptors (Lipinski definition) is 6. The summed E-state index contributed by atoms with van der Waals surface area (Å²) in [6, 6.07) is 7.70. The maximum atomic E-state index is 13.5. The van der Waals surface area contributed by atoms with E-state index in [1.807, 2.05) is 24.3 Å². The van der Waals surface area contributed by atoms with Crippen molar-refractivity contribution >= 4 is 23.4 Å². The predicted octanol–water partition coefficient (Wildman–Crippen LogP) is 4.17. The van der Waals surface area contributed by atoms with Crippen LogP contribution in [0.2, 0.25) is 0 Å². The Labute approximate surface area is 184 Å². The zero-order chi connectivity index (χ0) is 22.6. The minimum absolute atomic E-state index is 0.0505. The minimum Gasteiger partial charge on any atom is -0.372 e. The molecule has 1 amide bonds. The van der Waals surface area contributed by atoms with Gasteiger partial charge in [-0.1, -0.05) is 18.2 Å². The SMILES string of the molecule is O=C1COCCCN1CCCNc1nc(Nc2ccccc2C2CC2)ncc1C(F)(F)F. The van der Waals surface area contributed by atoms with Crippen molar-refractivity contribution in [3.05, 3.63) is 41.6 Å². The second-order valence-corrected chi connectivity index (χ2v) is 8.01. The van der Waals surface area contributed by atoms with Gasteiger partial charge < -0.3 is 20.3 Å². The van der Waals surface area contributed by atoms with Gasteiger partial charge in [0.2, 0.25) is 11.9 Å². The first-order valence-corrected chi connectivity index (χ1v) is 10.8. The summed E-state index contributed by atoms with van der Waals surface area (Å²) in [4.78, 5) is 21.7. The van der Waals surface area contributed by atoms with Crippen LogP contribution in [0.25, 0.3) is 0 Å². The predicted molar refractivity (Wildman–Crippen MR) is 114 cm³/mol. The fraction of sp³-hybridized carbons (Fsp3) is 0.500. The Bertz CT molecular complexity index is 949. The maximum absolute atomic E-state index is 13.5. The Morgan fingerprint density at radius 1 is 1.22 bits per heavy atom. The smallest absolute Gasteiger partial charge is 0.372 e. The van der Waals surface area contributed by atoms with Crippen LogP contribution in [0.4, 0.5) is 30.6 Å². The molecule has 1 saturated carbocycles. The van der Waals surface area contributed by atoms with Gasteiger partial charge in [-0.15, -0.1) is 0 Å². The summed E-state index contributed by atoms with van der Waals surface area (Å²) >= 11 is 0. The molecule has 1 aromatic carbocycles. The molecule has 2 aliphatic rings. The standard InChI is InChI=1S/C22H26F3N5O2/c23-22(24,25)17-13-27-21(28-18-6-2-1-5-16(18)15-7-8-15)29-20(17)26-9-3-10-30-11-4-12-32-14-19(30)31/h1-2,5-6,13,15H,3-4,7-12,14H2,(H2,26,27,28,29). The van der Waals surface area contributed by atoms with Gasteiger partial charge in [-0.3, -0.25) is 4.79 Å². The minimum atomic E-state index is -4.58. The van der Waals surface area contributed by atoms with Crippen molar-refractivity contribution in [1.82, 2.24) is 14.9 Å². The van der Waals surface area contributed by atoms with Crippen molar-refractivity contribution in [2.75, 3.05) is 43.5 Å². The zero-order valence-electron chi connectivity index (χ0n) is 17.6. The van der Waals surface area contributed by atoms with E-state index in [-0.39, 0.29) is 30.8 Å². The molecule has 0 bridgehead atoms. The van der Waals surface area contributed by atoms with E-state index in [1.165, 1.54) is 0 Å². The Hall–Kier alpha value is -2.88. The third kappa shape index (κ3) is 5.67. The highest BCUT2D eigenvalue weighted by Crippen LogP contribution is 2.43. The monoisotopic (exact) mass is 449 g/mol. The molecule has 1 aliphatic carbocycles. The number of halogens is 3. The van der Waals surface area contributed by atoms with E-state index in [1.54, 1.807) is 4.90 Å². The lowest BCUT2D eigenvalue weighted by Gasteiger charge is -2.20. The first kappa shape index (κ1) is 22.3. The first-order chi connectivity index (χ1) is 15.4. The lowest BCUT2D eigenvalue weighted by Crippen LogP contribution is -2.34. The van der Waals surface area contributed by atoms with Gasteiger partial charge in [0.25, 0.3) is 0 Å². The molecular weight excluding hydrogens is 423 g/mol. The first-order valence-electron chi connectivity index (χ1n) is 10.8. The second-order valence-electron chi connectivity index (χ2n) is 8.01. The van der Waals surface area contributed by atoms with Crippen LogP contribution in [0.3, 0.4) is 0 Å². The highest BCUT2D eigenvalue weighted by atomic mass is 19.4. The van der Waals surface area contributed by atoms with Crippen molar-refractivity contribution < 1.29 is 22.7 Å². The van der Waals surface area contributed by atoms with Gasteiger partial charge in [-0.2, -0.15) is 18.2 Å². The van der Waals surface area contributed by atoms with Crippen molar-refractivity contribution in [3.8, 4) is 0 Å². The number of amides is 1. The molecule has 172 valence electrons. The fourth-order valence-electron chi connectivity index (χ4n) is 3.71. The number of benzene rings is 1. The van der Waals surface area contributed by atoms with E-state index < -0.39 is 11.7 Å². The number of carbonyl (C=O) groups is 1. The molecule has 7 nitrogen and oxygen atoms in total. The van der Waals surface area contributed by atoms with Crippen LogP contribution in [0.1, 0.15) is 42.7 Å². The van der Waals surface area contributed by atoms with E-state index in [2.05, 4.69) is 20.6 Å². The summed E-state index contributed by atoms with van der Waals surface area (Å²) in [5, 5.41) is 5.86. The summed E-state index contributed by atoms with van der Waals surface area (Å²) in [6.45, 7) is 1.86. The van der Waals surface area contributed by atoms with E-state index >= 15 is 0 Å². The molecule has 4 rings (SSSR count). The van der Waals surface area contributed by atoms with E-state index in [4.69, 9.17) is 4.74 Å². The molecule has 0 atom stereocenters. The summed E-state index contributed by atoms with van der Waals surface area (Å²) in [7, 11) is 0. The molecule has 0 unspecified atom stereocenters. The normalized spacial score (nSPS) is 17.2. The highest BCUT2D eigenvalue weighted by molar-refractivity contribution is 5.77. The average molecular weight is 449 g/mol.